The number of carbonyl (C=O) groups is 2. The third-order valence-corrected chi connectivity index (χ3v) is 7.88. The van der Waals surface area contributed by atoms with E-state index in [2.05, 4.69) is 35.5 Å². The van der Waals surface area contributed by atoms with Gasteiger partial charge in [-0.2, -0.15) is 5.10 Å². The highest BCUT2D eigenvalue weighted by molar-refractivity contribution is 7.10. The first-order chi connectivity index (χ1) is 16.9. The molecule has 1 aromatic carbocycles. The van der Waals surface area contributed by atoms with E-state index in [1.54, 1.807) is 11.3 Å². The predicted octanol–water partition coefficient (Wildman–Crippen LogP) is 4.46. The lowest BCUT2D eigenvalue weighted by Gasteiger charge is -2.34. The van der Waals surface area contributed by atoms with E-state index in [1.807, 2.05) is 33.8 Å². The fourth-order valence-electron chi connectivity index (χ4n) is 4.96. The van der Waals surface area contributed by atoms with Gasteiger partial charge >= 0.3 is 0 Å². The highest BCUT2D eigenvalue weighted by atomic mass is 32.1. The molecule has 8 heteroatoms. The number of piperazine rings is 1. The van der Waals surface area contributed by atoms with Crippen LogP contribution in [0.4, 0.5) is 5.69 Å². The second-order valence-corrected chi connectivity index (χ2v) is 10.9. The zero-order valence-electron chi connectivity index (χ0n) is 20.7. The molecule has 3 aromatic rings. The molecule has 0 saturated carbocycles. The van der Waals surface area contributed by atoms with Crippen molar-refractivity contribution >= 4 is 28.8 Å². The maximum atomic E-state index is 13.7. The lowest BCUT2D eigenvalue weighted by Crippen LogP contribution is -2.49. The number of anilines is 1. The van der Waals surface area contributed by atoms with Crippen molar-refractivity contribution in [3.05, 3.63) is 51.8 Å². The fourth-order valence-corrected chi connectivity index (χ4v) is 5.84. The van der Waals surface area contributed by atoms with E-state index in [0.29, 0.717) is 11.6 Å². The smallest absolute Gasteiger partial charge is 0.274 e. The number of aryl methyl sites for hydroxylation is 1. The van der Waals surface area contributed by atoms with Crippen molar-refractivity contribution in [2.45, 2.75) is 40.0 Å². The lowest BCUT2D eigenvalue weighted by molar-refractivity contribution is -0.114. The van der Waals surface area contributed by atoms with Gasteiger partial charge in [-0.3, -0.25) is 14.5 Å². The first kappa shape index (κ1) is 23.8. The minimum Gasteiger partial charge on any atom is -0.335 e. The first-order valence-electron chi connectivity index (χ1n) is 12.5. The van der Waals surface area contributed by atoms with Crippen molar-refractivity contribution in [3.63, 3.8) is 0 Å². The van der Waals surface area contributed by atoms with Crippen LogP contribution in [0.3, 0.4) is 0 Å². The van der Waals surface area contributed by atoms with E-state index in [1.165, 1.54) is 23.8 Å². The zero-order chi connectivity index (χ0) is 24.5. The molecule has 184 valence electrons. The van der Waals surface area contributed by atoms with Gasteiger partial charge in [-0.15, -0.1) is 11.3 Å². The summed E-state index contributed by atoms with van der Waals surface area (Å²) < 4.78 is 1.92. The number of rotatable bonds is 6. The van der Waals surface area contributed by atoms with Crippen LogP contribution in [0.1, 0.15) is 48.1 Å². The van der Waals surface area contributed by atoms with Gasteiger partial charge in [0.2, 0.25) is 5.91 Å². The van der Waals surface area contributed by atoms with E-state index in [9.17, 15) is 9.59 Å². The second kappa shape index (κ2) is 9.95. The summed E-state index contributed by atoms with van der Waals surface area (Å²) >= 11 is 1.77. The van der Waals surface area contributed by atoms with Crippen molar-refractivity contribution in [1.29, 1.82) is 0 Å². The molecular weight excluding hydrogens is 458 g/mol. The summed E-state index contributed by atoms with van der Waals surface area (Å²) in [5.74, 6) is 0.630. The van der Waals surface area contributed by atoms with Crippen LogP contribution >= 0.6 is 11.3 Å². The molecule has 0 spiro atoms. The largest absolute Gasteiger partial charge is 0.335 e. The lowest BCUT2D eigenvalue weighted by atomic mass is 9.94. The molecule has 1 aliphatic heterocycles. The predicted molar refractivity (Wildman–Crippen MR) is 140 cm³/mol. The van der Waals surface area contributed by atoms with Crippen LogP contribution in [0.5, 0.6) is 0 Å². The van der Waals surface area contributed by atoms with Crippen LogP contribution in [-0.2, 0) is 17.6 Å². The molecule has 1 N–H and O–H groups in total. The fraction of sp³-hybridized carbons (Fsp3) is 0.444. The maximum Gasteiger partial charge on any atom is 0.274 e. The van der Waals surface area contributed by atoms with E-state index < -0.39 is 0 Å². The third-order valence-electron chi connectivity index (χ3n) is 6.90. The minimum absolute atomic E-state index is 0.0389. The molecule has 0 bridgehead atoms. The molecule has 1 fully saturated rings. The molecule has 1 saturated heterocycles. The van der Waals surface area contributed by atoms with Crippen molar-refractivity contribution in [1.82, 2.24) is 19.6 Å². The molecule has 0 radical (unpaired) electrons. The summed E-state index contributed by atoms with van der Waals surface area (Å²) in [6, 6.07) is 9.78. The Bertz CT molecular complexity index is 1220. The first-order valence-corrected chi connectivity index (χ1v) is 13.4. The highest BCUT2D eigenvalue weighted by Crippen LogP contribution is 2.40. The minimum atomic E-state index is -0.102. The Morgan fingerprint density at radius 2 is 1.80 bits per heavy atom. The molecule has 0 unspecified atom stereocenters. The van der Waals surface area contributed by atoms with E-state index in [4.69, 9.17) is 5.10 Å². The van der Waals surface area contributed by atoms with Crippen LogP contribution in [0.25, 0.3) is 16.9 Å². The van der Waals surface area contributed by atoms with Gasteiger partial charge in [0, 0.05) is 54.8 Å². The SMILES string of the molecule is CC(=O)Nc1ccc(-n2nc(C(=O)N3CCN(CCC(C)C)CC3)c3c2-c2ccsc2CC3)cc1. The standard InChI is InChI=1S/C27H33N5O2S/c1-18(2)10-12-30-13-15-31(16-14-30)27(34)25-23-8-9-24-22(11-17-35-24)26(23)32(29-25)21-6-4-20(5-7-21)28-19(3)33/h4-7,11,17-18H,8-10,12-16H2,1-3H3,(H,28,33). The molecule has 3 heterocycles. The molecule has 2 aliphatic rings. The molecule has 35 heavy (non-hydrogen) atoms. The molecule has 2 amide bonds. The van der Waals surface area contributed by atoms with Gasteiger partial charge in [0.25, 0.3) is 5.91 Å². The molecule has 0 atom stereocenters. The number of nitrogens with one attached hydrogen (secondary N) is 1. The Labute approximate surface area is 210 Å². The van der Waals surface area contributed by atoms with Gasteiger partial charge in [0.05, 0.1) is 11.4 Å². The summed E-state index contributed by atoms with van der Waals surface area (Å²) in [6.45, 7) is 10.4. The van der Waals surface area contributed by atoms with Gasteiger partial charge < -0.3 is 10.2 Å². The topological polar surface area (TPSA) is 70.5 Å². The van der Waals surface area contributed by atoms with Gasteiger partial charge in [0.15, 0.2) is 5.69 Å². The van der Waals surface area contributed by atoms with Crippen molar-refractivity contribution in [2.24, 2.45) is 5.92 Å². The Kier molecular flexibility index (Phi) is 6.75. The third kappa shape index (κ3) is 4.90. The van der Waals surface area contributed by atoms with Crippen molar-refractivity contribution < 1.29 is 9.59 Å². The summed E-state index contributed by atoms with van der Waals surface area (Å²) in [5, 5.41) is 9.84. The Morgan fingerprint density at radius 1 is 1.06 bits per heavy atom. The normalized spacial score (nSPS) is 15.7. The molecule has 1 aliphatic carbocycles. The van der Waals surface area contributed by atoms with Crippen LogP contribution in [0.15, 0.2) is 35.7 Å². The summed E-state index contributed by atoms with van der Waals surface area (Å²) in [7, 11) is 0. The Morgan fingerprint density at radius 3 is 2.49 bits per heavy atom. The van der Waals surface area contributed by atoms with Gasteiger partial charge in [-0.05, 0) is 67.4 Å². The number of thiophene rings is 1. The number of fused-ring (bicyclic) bond motifs is 3. The van der Waals surface area contributed by atoms with Gasteiger partial charge in [0.1, 0.15) is 0 Å². The second-order valence-electron chi connectivity index (χ2n) is 9.89. The van der Waals surface area contributed by atoms with Crippen molar-refractivity contribution in [3.8, 4) is 16.9 Å². The highest BCUT2D eigenvalue weighted by Gasteiger charge is 2.32. The Balaban J connectivity index is 1.44. The number of benzene rings is 1. The van der Waals surface area contributed by atoms with Crippen LogP contribution in [-0.4, -0.2) is 64.1 Å². The van der Waals surface area contributed by atoms with E-state index in [0.717, 1.165) is 68.2 Å². The van der Waals surface area contributed by atoms with Crippen LogP contribution < -0.4 is 5.32 Å². The quantitative estimate of drug-likeness (QED) is 0.553. The van der Waals surface area contributed by atoms with E-state index in [-0.39, 0.29) is 11.8 Å². The maximum absolute atomic E-state index is 13.7. The van der Waals surface area contributed by atoms with Gasteiger partial charge in [-0.1, -0.05) is 13.8 Å². The molecule has 2 aromatic heterocycles. The summed E-state index contributed by atoms with van der Waals surface area (Å²) in [6.07, 6.45) is 2.95. The van der Waals surface area contributed by atoms with Gasteiger partial charge in [-0.25, -0.2) is 4.68 Å². The van der Waals surface area contributed by atoms with Crippen LogP contribution in [0.2, 0.25) is 0 Å². The van der Waals surface area contributed by atoms with E-state index >= 15 is 0 Å². The monoisotopic (exact) mass is 491 g/mol. The van der Waals surface area contributed by atoms with Crippen LogP contribution in [0, 0.1) is 5.92 Å². The molecular formula is C27H33N5O2S. The number of hydrogen-bond acceptors (Lipinski definition) is 5. The Hall–Kier alpha value is -2.97. The average molecular weight is 492 g/mol. The summed E-state index contributed by atoms with van der Waals surface area (Å²) in [5.41, 5.74) is 5.45. The number of carbonyl (C=O) groups excluding carboxylic acids is 2. The molecule has 7 nitrogen and oxygen atoms in total. The number of nitrogens with zero attached hydrogens (tertiary/aromatic N) is 4. The van der Waals surface area contributed by atoms with Crippen molar-refractivity contribution in [2.75, 3.05) is 38.0 Å². The summed E-state index contributed by atoms with van der Waals surface area (Å²) in [4.78, 5) is 30.9. The zero-order valence-corrected chi connectivity index (χ0v) is 21.5. The average Bonchev–Trinajstić information content (AvgIpc) is 3.47. The number of hydrogen-bond donors (Lipinski definition) is 1. The number of aromatic nitrogens is 2. The number of amides is 2. The molecule has 5 rings (SSSR count).